The van der Waals surface area contributed by atoms with Crippen LogP contribution in [0.1, 0.15) is 39.3 Å². The first kappa shape index (κ1) is 16.1. The number of hydrogen-bond donors (Lipinski definition) is 1. The van der Waals surface area contributed by atoms with Crippen LogP contribution >= 0.6 is 11.3 Å². The van der Waals surface area contributed by atoms with E-state index in [1.807, 2.05) is 0 Å². The first-order valence-electron chi connectivity index (χ1n) is 7.57. The lowest BCUT2D eigenvalue weighted by Crippen LogP contribution is -2.32. The van der Waals surface area contributed by atoms with Crippen molar-refractivity contribution in [3.8, 4) is 10.6 Å². The van der Waals surface area contributed by atoms with Crippen LogP contribution in [0.5, 0.6) is 0 Å². The maximum atomic E-state index is 12.9. The highest BCUT2D eigenvalue weighted by atomic mass is 32.1. The van der Waals surface area contributed by atoms with Gasteiger partial charge in [-0.3, -0.25) is 0 Å². The average molecular weight is 306 g/mol. The third kappa shape index (κ3) is 4.35. The molecule has 0 saturated carbocycles. The van der Waals surface area contributed by atoms with E-state index in [9.17, 15) is 4.39 Å². The van der Waals surface area contributed by atoms with Crippen LogP contribution < -0.4 is 5.32 Å². The van der Waals surface area contributed by atoms with Gasteiger partial charge < -0.3 is 5.32 Å². The van der Waals surface area contributed by atoms with Crippen molar-refractivity contribution in [1.29, 1.82) is 0 Å². The third-order valence-electron chi connectivity index (χ3n) is 4.00. The van der Waals surface area contributed by atoms with E-state index in [1.54, 1.807) is 23.5 Å². The number of nitrogens with one attached hydrogen (secondary N) is 1. The van der Waals surface area contributed by atoms with E-state index in [0.29, 0.717) is 12.0 Å². The summed E-state index contributed by atoms with van der Waals surface area (Å²) in [7, 11) is 0. The van der Waals surface area contributed by atoms with Gasteiger partial charge in [0, 0.05) is 23.5 Å². The van der Waals surface area contributed by atoms with Crippen LogP contribution in [0.2, 0.25) is 0 Å². The molecule has 1 unspecified atom stereocenters. The molecule has 0 radical (unpaired) electrons. The quantitative estimate of drug-likeness (QED) is 0.790. The van der Waals surface area contributed by atoms with Crippen LogP contribution in [0.15, 0.2) is 29.6 Å². The minimum absolute atomic E-state index is 0.212. The largest absolute Gasteiger partial charge is 0.308 e. The minimum atomic E-state index is -0.212. The molecule has 1 heterocycles. The van der Waals surface area contributed by atoms with Gasteiger partial charge in [-0.05, 0) is 37.1 Å². The summed E-state index contributed by atoms with van der Waals surface area (Å²) in [5.74, 6) is 0.497. The summed E-state index contributed by atoms with van der Waals surface area (Å²) in [5, 5.41) is 6.58. The molecule has 1 atom stereocenters. The Morgan fingerprint density at radius 3 is 2.48 bits per heavy atom. The monoisotopic (exact) mass is 306 g/mol. The summed E-state index contributed by atoms with van der Waals surface area (Å²) >= 11 is 1.61. The summed E-state index contributed by atoms with van der Waals surface area (Å²) in [6, 6.07) is 7.00. The first-order chi connectivity index (χ1) is 10.1. The molecule has 0 aliphatic rings. The van der Waals surface area contributed by atoms with E-state index in [1.165, 1.54) is 25.0 Å². The van der Waals surface area contributed by atoms with Crippen LogP contribution in [0.25, 0.3) is 10.6 Å². The highest BCUT2D eigenvalue weighted by Crippen LogP contribution is 2.24. The molecular weight excluding hydrogens is 283 g/mol. The number of aromatic nitrogens is 1. The maximum absolute atomic E-state index is 12.9. The lowest BCUT2D eigenvalue weighted by atomic mass is 9.95. The summed E-state index contributed by atoms with van der Waals surface area (Å²) in [6.45, 7) is 7.50. The molecule has 0 fully saturated rings. The molecule has 1 aromatic carbocycles. The Morgan fingerprint density at radius 1 is 1.19 bits per heavy atom. The van der Waals surface area contributed by atoms with Crippen LogP contribution in [0.3, 0.4) is 0 Å². The van der Waals surface area contributed by atoms with Gasteiger partial charge in [-0.1, -0.05) is 26.7 Å². The molecule has 0 bridgehead atoms. The number of thiazole rings is 1. The topological polar surface area (TPSA) is 24.9 Å². The molecule has 0 amide bonds. The molecule has 2 rings (SSSR count). The average Bonchev–Trinajstić information content (AvgIpc) is 2.96. The zero-order valence-electron chi connectivity index (χ0n) is 12.9. The van der Waals surface area contributed by atoms with Crippen LogP contribution in [0.4, 0.5) is 4.39 Å². The van der Waals surface area contributed by atoms with E-state index in [4.69, 9.17) is 0 Å². The Hall–Kier alpha value is -1.26. The minimum Gasteiger partial charge on any atom is -0.308 e. The van der Waals surface area contributed by atoms with E-state index in [0.717, 1.165) is 22.8 Å². The van der Waals surface area contributed by atoms with E-state index < -0.39 is 0 Å². The normalized spacial score (nSPS) is 12.8. The lowest BCUT2D eigenvalue weighted by molar-refractivity contribution is 0.352. The third-order valence-corrected chi connectivity index (χ3v) is 4.94. The first-order valence-corrected chi connectivity index (χ1v) is 8.45. The SMILES string of the molecule is CCC(CC)C(C)NCc1csc(-c2ccc(F)cc2)n1. The van der Waals surface area contributed by atoms with Gasteiger partial charge in [0.1, 0.15) is 10.8 Å². The van der Waals surface area contributed by atoms with Crippen molar-refractivity contribution < 1.29 is 4.39 Å². The van der Waals surface area contributed by atoms with Crippen molar-refractivity contribution in [3.63, 3.8) is 0 Å². The lowest BCUT2D eigenvalue weighted by Gasteiger charge is -2.22. The number of rotatable bonds is 7. The van der Waals surface area contributed by atoms with E-state index in [2.05, 4.69) is 36.5 Å². The van der Waals surface area contributed by atoms with Crippen molar-refractivity contribution >= 4 is 11.3 Å². The van der Waals surface area contributed by atoms with Crippen molar-refractivity contribution in [2.45, 2.75) is 46.2 Å². The number of halogens is 1. The second-order valence-electron chi connectivity index (χ2n) is 5.40. The molecule has 0 aliphatic heterocycles. The highest BCUT2D eigenvalue weighted by Gasteiger charge is 2.13. The molecule has 0 spiro atoms. The summed E-state index contributed by atoms with van der Waals surface area (Å²) in [5.41, 5.74) is 2.03. The van der Waals surface area contributed by atoms with Crippen molar-refractivity contribution in [2.24, 2.45) is 5.92 Å². The van der Waals surface area contributed by atoms with Gasteiger partial charge in [-0.25, -0.2) is 9.37 Å². The van der Waals surface area contributed by atoms with Gasteiger partial charge in [0.2, 0.25) is 0 Å². The number of benzene rings is 1. The number of hydrogen-bond acceptors (Lipinski definition) is 3. The Balaban J connectivity index is 1.96. The molecule has 2 nitrogen and oxygen atoms in total. The van der Waals surface area contributed by atoms with Crippen molar-refractivity contribution in [3.05, 3.63) is 41.2 Å². The Morgan fingerprint density at radius 2 is 1.86 bits per heavy atom. The fraction of sp³-hybridized carbons (Fsp3) is 0.471. The smallest absolute Gasteiger partial charge is 0.123 e. The van der Waals surface area contributed by atoms with Crippen LogP contribution in [-0.4, -0.2) is 11.0 Å². The molecule has 0 saturated heterocycles. The Labute approximate surface area is 130 Å². The van der Waals surface area contributed by atoms with E-state index in [-0.39, 0.29) is 5.82 Å². The van der Waals surface area contributed by atoms with Gasteiger partial charge in [-0.2, -0.15) is 0 Å². The molecule has 2 aromatic rings. The van der Waals surface area contributed by atoms with Gasteiger partial charge in [0.15, 0.2) is 0 Å². The predicted molar refractivity (Wildman–Crippen MR) is 87.9 cm³/mol. The molecule has 4 heteroatoms. The van der Waals surface area contributed by atoms with Gasteiger partial charge in [-0.15, -0.1) is 11.3 Å². The molecule has 0 aliphatic carbocycles. The van der Waals surface area contributed by atoms with Gasteiger partial charge in [0.25, 0.3) is 0 Å². The highest BCUT2D eigenvalue weighted by molar-refractivity contribution is 7.13. The molecule has 21 heavy (non-hydrogen) atoms. The zero-order chi connectivity index (χ0) is 15.2. The van der Waals surface area contributed by atoms with Crippen LogP contribution in [0, 0.1) is 11.7 Å². The summed E-state index contributed by atoms with van der Waals surface area (Å²) < 4.78 is 12.9. The second kappa shape index (κ2) is 7.66. The Kier molecular flexibility index (Phi) is 5.88. The molecule has 114 valence electrons. The molecule has 1 N–H and O–H groups in total. The second-order valence-corrected chi connectivity index (χ2v) is 6.26. The summed E-state index contributed by atoms with van der Waals surface area (Å²) in [4.78, 5) is 4.63. The Bertz CT molecular complexity index is 546. The summed E-state index contributed by atoms with van der Waals surface area (Å²) in [6.07, 6.45) is 2.39. The fourth-order valence-corrected chi connectivity index (χ4v) is 3.37. The predicted octanol–water partition coefficient (Wildman–Crippen LogP) is 4.86. The van der Waals surface area contributed by atoms with Gasteiger partial charge >= 0.3 is 0 Å². The standard InChI is InChI=1S/C17H23FN2S/c1-4-13(5-2)12(3)19-10-16-11-21-17(20-16)14-6-8-15(18)9-7-14/h6-9,11-13,19H,4-5,10H2,1-3H3. The van der Waals surface area contributed by atoms with Gasteiger partial charge in [0.05, 0.1) is 5.69 Å². The number of nitrogens with zero attached hydrogens (tertiary/aromatic N) is 1. The fourth-order valence-electron chi connectivity index (χ4n) is 2.54. The van der Waals surface area contributed by atoms with Crippen molar-refractivity contribution in [1.82, 2.24) is 10.3 Å². The molecule has 1 aromatic heterocycles. The van der Waals surface area contributed by atoms with E-state index >= 15 is 0 Å². The molecular formula is C17H23FN2S. The van der Waals surface area contributed by atoms with Crippen molar-refractivity contribution in [2.75, 3.05) is 0 Å². The maximum Gasteiger partial charge on any atom is 0.123 e. The zero-order valence-corrected chi connectivity index (χ0v) is 13.7. The van der Waals surface area contributed by atoms with Crippen LogP contribution in [-0.2, 0) is 6.54 Å².